The minimum Gasteiger partial charge on any atom is -0.479 e. The fraction of sp³-hybridized carbons (Fsp3) is 0.750. The standard InChI is InChI=1S/C12H18F3N3O3/c1-8(2)7-18(6-4-5-16)10(21)17-11(3,9(19)20)12(13,14)15/h8H,4,6-7H2,1-3H3,(H,17,21)(H,19,20). The van der Waals surface area contributed by atoms with E-state index in [0.29, 0.717) is 6.92 Å². The first-order valence-corrected chi connectivity index (χ1v) is 6.19. The molecular formula is C12H18F3N3O3. The van der Waals surface area contributed by atoms with Gasteiger partial charge in [-0.3, -0.25) is 0 Å². The first kappa shape index (κ1) is 19.0. The Bertz CT molecular complexity index is 432. The van der Waals surface area contributed by atoms with E-state index in [-0.39, 0.29) is 25.4 Å². The number of carboxylic acid groups (broad SMARTS) is 1. The predicted molar refractivity (Wildman–Crippen MR) is 67.3 cm³/mol. The number of alkyl halides is 3. The molecule has 0 aliphatic rings. The van der Waals surface area contributed by atoms with Gasteiger partial charge in [-0.15, -0.1) is 0 Å². The summed E-state index contributed by atoms with van der Waals surface area (Å²) in [5.74, 6) is -2.25. The molecule has 6 nitrogen and oxygen atoms in total. The highest BCUT2D eigenvalue weighted by Gasteiger charge is 2.58. The van der Waals surface area contributed by atoms with Crippen LogP contribution in [-0.2, 0) is 4.79 Å². The Kier molecular flexibility index (Phi) is 6.48. The third-order valence-corrected chi connectivity index (χ3v) is 2.72. The monoisotopic (exact) mass is 309 g/mol. The van der Waals surface area contributed by atoms with Crippen molar-refractivity contribution in [3.05, 3.63) is 0 Å². The number of amides is 2. The van der Waals surface area contributed by atoms with Gasteiger partial charge in [-0.05, 0) is 12.8 Å². The number of urea groups is 1. The van der Waals surface area contributed by atoms with Crippen LogP contribution in [0.15, 0.2) is 0 Å². The summed E-state index contributed by atoms with van der Waals surface area (Å²) >= 11 is 0. The maximum Gasteiger partial charge on any atom is 0.422 e. The van der Waals surface area contributed by atoms with Gasteiger partial charge in [-0.25, -0.2) is 9.59 Å². The Balaban J connectivity index is 5.18. The lowest BCUT2D eigenvalue weighted by atomic mass is 10.0. The molecule has 21 heavy (non-hydrogen) atoms. The summed E-state index contributed by atoms with van der Waals surface area (Å²) in [6.45, 7) is 3.90. The van der Waals surface area contributed by atoms with Crippen LogP contribution in [0.4, 0.5) is 18.0 Å². The van der Waals surface area contributed by atoms with E-state index in [1.165, 1.54) is 5.32 Å². The predicted octanol–water partition coefficient (Wildman–Crippen LogP) is 1.97. The molecule has 0 fully saturated rings. The van der Waals surface area contributed by atoms with Crippen molar-refractivity contribution in [1.29, 1.82) is 5.26 Å². The Morgan fingerprint density at radius 2 is 1.90 bits per heavy atom. The third-order valence-electron chi connectivity index (χ3n) is 2.72. The quantitative estimate of drug-likeness (QED) is 0.784. The van der Waals surface area contributed by atoms with Gasteiger partial charge in [0.1, 0.15) is 0 Å². The average Bonchev–Trinajstić information content (AvgIpc) is 2.31. The van der Waals surface area contributed by atoms with Crippen molar-refractivity contribution in [2.45, 2.75) is 38.9 Å². The highest BCUT2D eigenvalue weighted by atomic mass is 19.4. The lowest BCUT2D eigenvalue weighted by Crippen LogP contribution is -2.64. The van der Waals surface area contributed by atoms with E-state index in [4.69, 9.17) is 10.4 Å². The molecule has 0 radical (unpaired) electrons. The van der Waals surface area contributed by atoms with Crippen molar-refractivity contribution in [1.82, 2.24) is 10.2 Å². The smallest absolute Gasteiger partial charge is 0.422 e. The molecule has 1 atom stereocenters. The molecule has 1 unspecified atom stereocenters. The molecule has 0 saturated carbocycles. The maximum atomic E-state index is 12.8. The lowest BCUT2D eigenvalue weighted by Gasteiger charge is -2.32. The van der Waals surface area contributed by atoms with E-state index < -0.39 is 23.7 Å². The summed E-state index contributed by atoms with van der Waals surface area (Å²) in [5, 5.41) is 18.7. The Labute approximate surface area is 120 Å². The van der Waals surface area contributed by atoms with E-state index >= 15 is 0 Å². The van der Waals surface area contributed by atoms with Crippen LogP contribution in [0.1, 0.15) is 27.2 Å². The van der Waals surface area contributed by atoms with Crippen LogP contribution >= 0.6 is 0 Å². The normalized spacial score (nSPS) is 14.2. The number of halogens is 3. The van der Waals surface area contributed by atoms with E-state index in [1.54, 1.807) is 19.9 Å². The van der Waals surface area contributed by atoms with Crippen LogP contribution in [0.25, 0.3) is 0 Å². The molecule has 2 N–H and O–H groups in total. The molecule has 0 rings (SSSR count). The zero-order valence-corrected chi connectivity index (χ0v) is 12.0. The molecular weight excluding hydrogens is 291 g/mol. The van der Waals surface area contributed by atoms with E-state index in [2.05, 4.69) is 0 Å². The van der Waals surface area contributed by atoms with Crippen LogP contribution in [0.3, 0.4) is 0 Å². The summed E-state index contributed by atoms with van der Waals surface area (Å²) in [6, 6.07) is 0.616. The SMILES string of the molecule is CC(C)CN(CCC#N)C(=O)NC(C)(C(=O)O)C(F)(F)F. The topological polar surface area (TPSA) is 93.4 Å². The molecule has 0 aromatic heterocycles. The molecule has 9 heteroatoms. The zero-order chi connectivity index (χ0) is 16.8. The first-order valence-electron chi connectivity index (χ1n) is 6.19. The Hall–Kier alpha value is -1.98. The summed E-state index contributed by atoms with van der Waals surface area (Å²) in [7, 11) is 0. The summed E-state index contributed by atoms with van der Waals surface area (Å²) in [6.07, 6.45) is -5.21. The van der Waals surface area contributed by atoms with Gasteiger partial charge < -0.3 is 15.3 Å². The van der Waals surface area contributed by atoms with Crippen LogP contribution in [0.5, 0.6) is 0 Å². The van der Waals surface area contributed by atoms with E-state index in [1.807, 2.05) is 0 Å². The second-order valence-corrected chi connectivity index (χ2v) is 5.11. The number of nitriles is 1. The fourth-order valence-electron chi connectivity index (χ4n) is 1.44. The number of hydrogen-bond donors (Lipinski definition) is 2. The summed E-state index contributed by atoms with van der Waals surface area (Å²) in [5.41, 5.74) is -3.38. The molecule has 120 valence electrons. The Morgan fingerprint density at radius 1 is 1.38 bits per heavy atom. The van der Waals surface area contributed by atoms with Gasteiger partial charge in [0.2, 0.25) is 5.54 Å². The number of hydrogen-bond acceptors (Lipinski definition) is 3. The van der Waals surface area contributed by atoms with E-state index in [0.717, 1.165) is 4.90 Å². The van der Waals surface area contributed by atoms with Crippen molar-refractivity contribution < 1.29 is 27.9 Å². The van der Waals surface area contributed by atoms with Gasteiger partial charge in [-0.1, -0.05) is 13.8 Å². The number of nitrogens with one attached hydrogen (secondary N) is 1. The fourth-order valence-corrected chi connectivity index (χ4v) is 1.44. The molecule has 0 heterocycles. The minimum absolute atomic E-state index is 0.0450. The molecule has 0 aromatic carbocycles. The number of aliphatic carboxylic acids is 1. The van der Waals surface area contributed by atoms with Crippen molar-refractivity contribution in [2.75, 3.05) is 13.1 Å². The second-order valence-electron chi connectivity index (χ2n) is 5.11. The highest BCUT2D eigenvalue weighted by molar-refractivity contribution is 5.86. The number of rotatable bonds is 6. The van der Waals surface area contributed by atoms with Crippen molar-refractivity contribution in [3.8, 4) is 6.07 Å². The average molecular weight is 309 g/mol. The molecule has 2 amide bonds. The number of carbonyl (C=O) groups is 2. The molecule has 0 aromatic rings. The zero-order valence-electron chi connectivity index (χ0n) is 12.0. The number of nitrogens with zero attached hydrogens (tertiary/aromatic N) is 2. The second kappa shape index (κ2) is 7.15. The highest BCUT2D eigenvalue weighted by Crippen LogP contribution is 2.30. The Morgan fingerprint density at radius 3 is 2.24 bits per heavy atom. The van der Waals surface area contributed by atoms with Gasteiger partial charge in [0.05, 0.1) is 12.5 Å². The lowest BCUT2D eigenvalue weighted by molar-refractivity contribution is -0.203. The van der Waals surface area contributed by atoms with Gasteiger partial charge in [0, 0.05) is 13.1 Å². The van der Waals surface area contributed by atoms with Gasteiger partial charge >= 0.3 is 18.2 Å². The van der Waals surface area contributed by atoms with Crippen LogP contribution < -0.4 is 5.32 Å². The maximum absolute atomic E-state index is 12.8. The third kappa shape index (κ3) is 5.13. The minimum atomic E-state index is -5.15. The summed E-state index contributed by atoms with van der Waals surface area (Å²) < 4.78 is 38.5. The van der Waals surface area contributed by atoms with E-state index in [9.17, 15) is 22.8 Å². The van der Waals surface area contributed by atoms with Gasteiger partial charge in [0.25, 0.3) is 0 Å². The molecule has 0 aliphatic heterocycles. The molecule has 0 spiro atoms. The largest absolute Gasteiger partial charge is 0.479 e. The molecule has 0 saturated heterocycles. The molecule has 0 bridgehead atoms. The van der Waals surface area contributed by atoms with Gasteiger partial charge in [0.15, 0.2) is 0 Å². The number of carboxylic acids is 1. The van der Waals surface area contributed by atoms with Crippen LogP contribution in [0.2, 0.25) is 0 Å². The van der Waals surface area contributed by atoms with Crippen molar-refractivity contribution in [2.24, 2.45) is 5.92 Å². The van der Waals surface area contributed by atoms with Gasteiger partial charge in [-0.2, -0.15) is 18.4 Å². The van der Waals surface area contributed by atoms with Crippen LogP contribution in [0, 0.1) is 17.2 Å². The van der Waals surface area contributed by atoms with Crippen molar-refractivity contribution in [3.63, 3.8) is 0 Å². The van der Waals surface area contributed by atoms with Crippen LogP contribution in [-0.4, -0.2) is 46.8 Å². The summed E-state index contributed by atoms with van der Waals surface area (Å²) in [4.78, 5) is 23.8. The first-order chi connectivity index (χ1) is 9.45. The number of carbonyl (C=O) groups excluding carboxylic acids is 1. The molecule has 0 aliphatic carbocycles. The van der Waals surface area contributed by atoms with Crippen molar-refractivity contribution >= 4 is 12.0 Å².